The lowest BCUT2D eigenvalue weighted by Crippen LogP contribution is -2.72. The van der Waals surface area contributed by atoms with Crippen molar-refractivity contribution in [2.45, 2.75) is 102 Å². The van der Waals surface area contributed by atoms with Gasteiger partial charge < -0.3 is 9.47 Å². The zero-order valence-electron chi connectivity index (χ0n) is 20.9. The van der Waals surface area contributed by atoms with Gasteiger partial charge in [-0.3, -0.25) is 0 Å². The smallest absolute Gasteiger partial charge is 0.334 e. The highest BCUT2D eigenvalue weighted by molar-refractivity contribution is 6.91. The number of hydrogen-bond donors (Lipinski definition) is 0. The number of carbonyl (C=O) groups excluding carboxylic acids is 2. The molecule has 0 aromatic heterocycles. The Balaban J connectivity index is 3.00. The molecule has 2 unspecified atom stereocenters. The van der Waals surface area contributed by atoms with E-state index in [2.05, 4.69) is 53.1 Å². The first-order chi connectivity index (χ1) is 13.9. The van der Waals surface area contributed by atoms with Crippen LogP contribution in [0, 0.1) is 0 Å². The third-order valence-electron chi connectivity index (χ3n) is 7.42. The molecule has 0 heterocycles. The Kier molecular flexibility index (Phi) is 7.05. The lowest BCUT2D eigenvalue weighted by Gasteiger charge is -2.77. The summed E-state index contributed by atoms with van der Waals surface area (Å²) in [6.45, 7) is 18.6. The third kappa shape index (κ3) is 2.96. The van der Waals surface area contributed by atoms with E-state index in [-0.39, 0.29) is 22.0 Å². The predicted molar refractivity (Wildman–Crippen MR) is 129 cm³/mol. The summed E-state index contributed by atoms with van der Waals surface area (Å²) in [7, 11) is -1.10. The molecule has 4 nitrogen and oxygen atoms in total. The van der Waals surface area contributed by atoms with E-state index in [0.717, 1.165) is 38.5 Å². The molecule has 2 rings (SSSR count). The third-order valence-corrected chi connectivity index (χ3v) is 14.0. The Hall–Kier alpha value is -1.15. The van der Waals surface area contributed by atoms with Crippen LogP contribution in [0.25, 0.3) is 0 Å². The lowest BCUT2D eigenvalue weighted by atomic mass is 9.48. The molecule has 0 N–H and O–H groups in total. The van der Waals surface area contributed by atoms with Gasteiger partial charge >= 0.3 is 11.9 Å². The number of ether oxygens (including phenoxy) is 2. The van der Waals surface area contributed by atoms with Gasteiger partial charge in [0, 0.05) is 10.1 Å². The maximum absolute atomic E-state index is 13.2. The fourth-order valence-electron chi connectivity index (χ4n) is 6.71. The number of carbonyl (C=O) groups is 2. The summed E-state index contributed by atoms with van der Waals surface area (Å²) < 4.78 is 10.6. The first-order valence-electron chi connectivity index (χ1n) is 11.5. The standard InChI is InChI=1S/C24H42O4Si2/c1-11-13-15-17-18(16-14-12-2)24(30(8,9)10)20(22(26)28-4)19(21(25)27-3)23(17,24)29(5,6)7/h11-16H2,1-10H3. The molecule has 0 bridgehead atoms. The van der Waals surface area contributed by atoms with Crippen LogP contribution in [0.15, 0.2) is 22.3 Å². The molecular weight excluding hydrogens is 408 g/mol. The zero-order chi connectivity index (χ0) is 23.1. The van der Waals surface area contributed by atoms with Gasteiger partial charge in [-0.15, -0.1) is 0 Å². The summed E-state index contributed by atoms with van der Waals surface area (Å²) in [5.74, 6) is -0.675. The minimum Gasteiger partial charge on any atom is -0.466 e. The minimum atomic E-state index is -1.98. The number of allylic oxidation sites excluding steroid dienone is 2. The Morgan fingerprint density at radius 1 is 0.700 bits per heavy atom. The average Bonchev–Trinajstić information content (AvgIpc) is 2.63. The van der Waals surface area contributed by atoms with Crippen LogP contribution in [0.3, 0.4) is 0 Å². The monoisotopic (exact) mass is 450 g/mol. The second-order valence-electron chi connectivity index (χ2n) is 10.9. The number of esters is 2. The van der Waals surface area contributed by atoms with Crippen molar-refractivity contribution in [3.63, 3.8) is 0 Å². The van der Waals surface area contributed by atoms with E-state index in [1.54, 1.807) is 0 Å². The first-order valence-corrected chi connectivity index (χ1v) is 18.5. The van der Waals surface area contributed by atoms with Crippen molar-refractivity contribution in [3.05, 3.63) is 22.3 Å². The normalized spacial score (nSPS) is 26.1. The summed E-state index contributed by atoms with van der Waals surface area (Å²) in [5, 5.41) is -0.612. The molecule has 0 aromatic carbocycles. The van der Waals surface area contributed by atoms with Gasteiger partial charge in [0.05, 0.1) is 41.5 Å². The molecule has 6 heteroatoms. The number of methoxy groups -OCH3 is 2. The van der Waals surface area contributed by atoms with Gasteiger partial charge in [0.2, 0.25) is 0 Å². The van der Waals surface area contributed by atoms with Gasteiger partial charge in [0.1, 0.15) is 0 Å². The van der Waals surface area contributed by atoms with E-state index in [0.29, 0.717) is 11.1 Å². The van der Waals surface area contributed by atoms with Crippen LogP contribution in [-0.2, 0) is 19.1 Å². The van der Waals surface area contributed by atoms with Crippen LogP contribution in [0.2, 0.25) is 49.4 Å². The lowest BCUT2D eigenvalue weighted by molar-refractivity contribution is -0.142. The first kappa shape index (κ1) is 25.1. The summed E-state index contributed by atoms with van der Waals surface area (Å²) in [6.07, 6.45) is 6.49. The summed E-state index contributed by atoms with van der Waals surface area (Å²) >= 11 is 0. The molecular formula is C24H42O4Si2. The van der Waals surface area contributed by atoms with Crippen LogP contribution >= 0.6 is 0 Å². The molecule has 2 aliphatic carbocycles. The van der Waals surface area contributed by atoms with Crippen molar-refractivity contribution in [1.82, 2.24) is 0 Å². The highest BCUT2D eigenvalue weighted by Crippen LogP contribution is 2.91. The number of rotatable bonds is 10. The Morgan fingerprint density at radius 3 is 1.20 bits per heavy atom. The van der Waals surface area contributed by atoms with Crippen molar-refractivity contribution in [3.8, 4) is 0 Å². The molecule has 0 radical (unpaired) electrons. The molecule has 0 fully saturated rings. The molecule has 30 heavy (non-hydrogen) atoms. The van der Waals surface area contributed by atoms with Gasteiger partial charge in [-0.1, -0.05) is 77.1 Å². The van der Waals surface area contributed by atoms with E-state index < -0.39 is 16.1 Å². The van der Waals surface area contributed by atoms with Gasteiger partial charge in [-0.2, -0.15) is 0 Å². The number of fused-ring (bicyclic) bond motifs is 1. The van der Waals surface area contributed by atoms with Crippen molar-refractivity contribution in [1.29, 1.82) is 0 Å². The molecule has 0 spiro atoms. The summed E-state index contributed by atoms with van der Waals surface area (Å²) in [6, 6.07) is 0. The van der Waals surface area contributed by atoms with Crippen molar-refractivity contribution < 1.29 is 19.1 Å². The number of hydrogen-bond acceptors (Lipinski definition) is 4. The topological polar surface area (TPSA) is 52.6 Å². The Bertz CT molecular complexity index is 718. The molecule has 2 aliphatic rings. The molecule has 0 amide bonds. The molecule has 0 saturated heterocycles. The predicted octanol–water partition coefficient (Wildman–Crippen LogP) is 6.49. The SMILES string of the molecule is CCCCC1=C(CCCC)C2([Si](C)(C)C)C(C(=O)OC)=C(C(=O)OC)C12[Si](C)(C)C. The largest absolute Gasteiger partial charge is 0.466 e. The molecule has 0 aliphatic heterocycles. The van der Waals surface area contributed by atoms with E-state index in [9.17, 15) is 9.59 Å². The highest BCUT2D eigenvalue weighted by Gasteiger charge is 2.83. The molecule has 170 valence electrons. The van der Waals surface area contributed by atoms with Crippen molar-refractivity contribution in [2.75, 3.05) is 14.2 Å². The van der Waals surface area contributed by atoms with Crippen LogP contribution < -0.4 is 0 Å². The van der Waals surface area contributed by atoms with Crippen molar-refractivity contribution >= 4 is 28.1 Å². The zero-order valence-corrected chi connectivity index (χ0v) is 22.9. The highest BCUT2D eigenvalue weighted by atomic mass is 28.3. The van der Waals surface area contributed by atoms with Gasteiger partial charge in [-0.25, -0.2) is 9.59 Å². The summed E-state index contributed by atoms with van der Waals surface area (Å²) in [4.78, 5) is 26.4. The van der Waals surface area contributed by atoms with E-state index in [4.69, 9.17) is 9.47 Å². The fourth-order valence-corrected chi connectivity index (χ4v) is 16.1. The van der Waals surface area contributed by atoms with Crippen LogP contribution in [0.1, 0.15) is 52.4 Å². The molecule has 0 aromatic rings. The van der Waals surface area contributed by atoms with Gasteiger partial charge in [-0.05, 0) is 25.7 Å². The van der Waals surface area contributed by atoms with E-state index >= 15 is 0 Å². The van der Waals surface area contributed by atoms with E-state index in [1.165, 1.54) is 25.4 Å². The second-order valence-corrected chi connectivity index (χ2v) is 21.4. The quantitative estimate of drug-likeness (QED) is 0.217. The maximum atomic E-state index is 13.2. The molecule has 2 atom stereocenters. The average molecular weight is 451 g/mol. The second kappa shape index (κ2) is 8.42. The maximum Gasteiger partial charge on any atom is 0.334 e. The van der Waals surface area contributed by atoms with E-state index in [1.807, 2.05) is 0 Å². The fraction of sp³-hybridized carbons (Fsp3) is 0.750. The van der Waals surface area contributed by atoms with Crippen LogP contribution in [0.4, 0.5) is 0 Å². The van der Waals surface area contributed by atoms with Gasteiger partial charge in [0.25, 0.3) is 0 Å². The summed E-state index contributed by atoms with van der Waals surface area (Å²) in [5.41, 5.74) is 4.19. The Morgan fingerprint density at radius 2 is 1.00 bits per heavy atom. The Labute approximate surface area is 185 Å². The molecule has 0 saturated carbocycles. The van der Waals surface area contributed by atoms with Crippen LogP contribution in [0.5, 0.6) is 0 Å². The minimum absolute atomic E-state index is 0.306. The van der Waals surface area contributed by atoms with Gasteiger partial charge in [0.15, 0.2) is 0 Å². The van der Waals surface area contributed by atoms with Crippen molar-refractivity contribution in [2.24, 2.45) is 0 Å². The number of unbranched alkanes of at least 4 members (excludes halogenated alkanes) is 2. The van der Waals surface area contributed by atoms with Crippen LogP contribution in [-0.4, -0.2) is 42.3 Å².